The second-order valence-corrected chi connectivity index (χ2v) is 7.28. The molecule has 0 saturated heterocycles. The zero-order valence-corrected chi connectivity index (χ0v) is 20.6. The van der Waals surface area contributed by atoms with E-state index in [4.69, 9.17) is 2.74 Å². The van der Waals surface area contributed by atoms with Crippen LogP contribution in [0.3, 0.4) is 0 Å². The molecule has 3 aromatic carbocycles. The summed E-state index contributed by atoms with van der Waals surface area (Å²) < 4.78 is 14.4. The van der Waals surface area contributed by atoms with E-state index in [0.29, 0.717) is 5.56 Å². The molecule has 2 nitrogen and oxygen atoms in total. The van der Waals surface area contributed by atoms with Gasteiger partial charge in [-0.05, 0) is 41.9 Å². The molecule has 0 unspecified atom stereocenters. The molecule has 2 aromatic heterocycles. The number of pyridine rings is 2. The summed E-state index contributed by atoms with van der Waals surface area (Å²) in [4.78, 5) is 8.75. The zero-order valence-electron chi connectivity index (χ0n) is 20.2. The average molecular weight is 607 g/mol. The first kappa shape index (κ1) is 21.5. The van der Waals surface area contributed by atoms with Gasteiger partial charge in [-0.2, -0.15) is 0 Å². The van der Waals surface area contributed by atoms with Crippen LogP contribution in [-0.4, -0.2) is 9.97 Å². The summed E-state index contributed by atoms with van der Waals surface area (Å²) in [6, 6.07) is 37.8. The summed E-state index contributed by atoms with van der Waals surface area (Å²) in [5, 5.41) is 0. The normalized spacial score (nSPS) is 10.8. The zero-order chi connectivity index (χ0) is 23.8. The first-order valence-corrected chi connectivity index (χ1v) is 10.4. The fraction of sp³-hybridized carbons (Fsp3) is 0.0667. The minimum atomic E-state index is -0.966. The van der Waals surface area contributed by atoms with Crippen molar-refractivity contribution in [1.82, 2.24) is 9.97 Å². The van der Waals surface area contributed by atoms with E-state index in [1.54, 1.807) is 12.3 Å². The summed E-state index contributed by atoms with van der Waals surface area (Å²) >= 11 is 0. The van der Waals surface area contributed by atoms with Gasteiger partial charge >= 0.3 is 0 Å². The van der Waals surface area contributed by atoms with E-state index in [1.807, 2.05) is 79.0 Å². The van der Waals surface area contributed by atoms with Crippen molar-refractivity contribution in [3.8, 4) is 33.6 Å². The molecular weight excluding hydrogens is 581 g/mol. The Morgan fingerprint density at radius 3 is 1.88 bits per heavy atom. The van der Waals surface area contributed by atoms with Crippen LogP contribution in [0.4, 0.5) is 0 Å². The van der Waals surface area contributed by atoms with Crippen molar-refractivity contribution in [1.29, 1.82) is 0 Å². The quantitative estimate of drug-likeness (QED) is 0.200. The number of aromatic nitrogens is 2. The largest absolute Gasteiger partial charge is 0.304 e. The van der Waals surface area contributed by atoms with Crippen LogP contribution in [0.15, 0.2) is 109 Å². The molecule has 0 atom stereocenters. The SMILES string of the molecule is Cc1cc(-c2[c-]cccc2)ncc1-c1ccccc1.[2H]C([2H])c1ccc(-c2[c-]cccc2)nc1.[Ir]. The Balaban J connectivity index is 0.000000195. The van der Waals surface area contributed by atoms with Gasteiger partial charge in [0.1, 0.15) is 0 Å². The minimum absolute atomic E-state index is 0. The maximum Gasteiger partial charge on any atom is 0.0280 e. The fourth-order valence-corrected chi connectivity index (χ4v) is 3.29. The van der Waals surface area contributed by atoms with E-state index in [2.05, 4.69) is 47.2 Å². The monoisotopic (exact) mass is 607 g/mol. The van der Waals surface area contributed by atoms with Gasteiger partial charge in [0.05, 0.1) is 0 Å². The summed E-state index contributed by atoms with van der Waals surface area (Å²) in [7, 11) is 0. The number of benzene rings is 3. The Morgan fingerprint density at radius 2 is 1.33 bits per heavy atom. The topological polar surface area (TPSA) is 25.8 Å². The molecule has 0 aliphatic heterocycles. The summed E-state index contributed by atoms with van der Waals surface area (Å²) in [5.74, 6) is 0. The van der Waals surface area contributed by atoms with Crippen molar-refractivity contribution in [2.45, 2.75) is 13.8 Å². The van der Waals surface area contributed by atoms with E-state index in [-0.39, 0.29) is 20.1 Å². The van der Waals surface area contributed by atoms with Gasteiger partial charge in [0, 0.05) is 40.8 Å². The maximum absolute atomic E-state index is 7.21. The summed E-state index contributed by atoms with van der Waals surface area (Å²) in [6.07, 6.45) is 3.52. The molecule has 0 saturated carbocycles. The van der Waals surface area contributed by atoms with Crippen LogP contribution < -0.4 is 0 Å². The van der Waals surface area contributed by atoms with E-state index in [9.17, 15) is 0 Å². The molecule has 0 spiro atoms. The van der Waals surface area contributed by atoms with Gasteiger partial charge in [-0.1, -0.05) is 48.5 Å². The van der Waals surface area contributed by atoms with Crippen LogP contribution in [0.2, 0.25) is 0 Å². The number of aryl methyl sites for hydroxylation is 2. The van der Waals surface area contributed by atoms with Crippen LogP contribution >= 0.6 is 0 Å². The van der Waals surface area contributed by atoms with Crippen molar-refractivity contribution >= 4 is 0 Å². The number of hydrogen-bond acceptors (Lipinski definition) is 2. The molecule has 0 aliphatic rings. The molecule has 0 amide bonds. The number of nitrogens with zero attached hydrogens (tertiary/aromatic N) is 2. The molecule has 5 rings (SSSR count). The fourth-order valence-electron chi connectivity index (χ4n) is 3.29. The summed E-state index contributed by atoms with van der Waals surface area (Å²) in [6.45, 7) is 1.16. The smallest absolute Gasteiger partial charge is 0.0280 e. The van der Waals surface area contributed by atoms with Crippen molar-refractivity contribution in [2.75, 3.05) is 0 Å². The third kappa shape index (κ3) is 6.55. The molecule has 2 heterocycles. The molecule has 1 radical (unpaired) electrons. The van der Waals surface area contributed by atoms with Gasteiger partial charge in [0.15, 0.2) is 0 Å². The Kier molecular flexibility index (Phi) is 7.81. The van der Waals surface area contributed by atoms with Crippen LogP contribution in [0.25, 0.3) is 33.6 Å². The van der Waals surface area contributed by atoms with E-state index >= 15 is 0 Å². The van der Waals surface area contributed by atoms with Crippen LogP contribution in [0.5, 0.6) is 0 Å². The molecule has 3 heteroatoms. The number of hydrogen-bond donors (Lipinski definition) is 0. The second-order valence-electron chi connectivity index (χ2n) is 7.28. The van der Waals surface area contributed by atoms with Gasteiger partial charge < -0.3 is 9.97 Å². The molecule has 0 fully saturated rings. The van der Waals surface area contributed by atoms with Crippen LogP contribution in [0, 0.1) is 25.9 Å². The van der Waals surface area contributed by atoms with Gasteiger partial charge in [-0.25, -0.2) is 0 Å². The van der Waals surface area contributed by atoms with Gasteiger partial charge in [0.25, 0.3) is 0 Å². The molecule has 0 bridgehead atoms. The predicted octanol–water partition coefficient (Wildman–Crippen LogP) is 7.38. The molecule has 165 valence electrons. The number of rotatable bonds is 3. The van der Waals surface area contributed by atoms with Crippen LogP contribution in [-0.2, 0) is 20.1 Å². The minimum Gasteiger partial charge on any atom is -0.304 e. The van der Waals surface area contributed by atoms with Crippen molar-refractivity contribution < 1.29 is 22.8 Å². The maximum atomic E-state index is 7.21. The standard InChI is InChI=1S/C18H14N.C12H10N.Ir/c1-14-12-18(16-10-6-3-7-11-16)19-13-17(14)15-8-4-2-5-9-15;1-10-7-8-12(13-9-10)11-5-3-2-4-6-11;/h2-10,12-13H,1H3;2-5,7-9H,1H3;/q2*-1;/i;1D2;. The molecule has 5 aromatic rings. The summed E-state index contributed by atoms with van der Waals surface area (Å²) in [5.41, 5.74) is 7.97. The molecule has 33 heavy (non-hydrogen) atoms. The Bertz CT molecular complexity index is 1310. The molecule has 0 aliphatic carbocycles. The third-order valence-electron chi connectivity index (χ3n) is 4.95. The Labute approximate surface area is 212 Å². The first-order chi connectivity index (χ1) is 16.6. The van der Waals surface area contributed by atoms with Crippen molar-refractivity contribution in [3.63, 3.8) is 0 Å². The first-order valence-electron chi connectivity index (χ1n) is 11.5. The van der Waals surface area contributed by atoms with Crippen LogP contribution in [0.1, 0.15) is 13.9 Å². The van der Waals surface area contributed by atoms with Gasteiger partial charge in [-0.3, -0.25) is 0 Å². The van der Waals surface area contributed by atoms with E-state index in [1.165, 1.54) is 16.7 Å². The second kappa shape index (κ2) is 12.0. The van der Waals surface area contributed by atoms with E-state index in [0.717, 1.165) is 22.5 Å². The Morgan fingerprint density at radius 1 is 0.697 bits per heavy atom. The predicted molar refractivity (Wildman–Crippen MR) is 132 cm³/mol. The third-order valence-corrected chi connectivity index (χ3v) is 4.95. The van der Waals surface area contributed by atoms with Crippen molar-refractivity contribution in [3.05, 3.63) is 133 Å². The molecular formula is C30H24IrN2-2. The van der Waals surface area contributed by atoms with Crippen molar-refractivity contribution in [2.24, 2.45) is 0 Å². The van der Waals surface area contributed by atoms with Gasteiger partial charge in [-0.15, -0.1) is 71.8 Å². The average Bonchev–Trinajstić information content (AvgIpc) is 2.90. The van der Waals surface area contributed by atoms with Gasteiger partial charge in [0.2, 0.25) is 0 Å². The van der Waals surface area contributed by atoms with E-state index < -0.39 is 6.88 Å². The molecule has 0 N–H and O–H groups in total. The Hall–Kier alpha value is -3.39.